The molecule has 0 atom stereocenters. The molecule has 3 heterocycles. The summed E-state index contributed by atoms with van der Waals surface area (Å²) in [5.41, 5.74) is 5.44. The molecular weight excluding hydrogens is 238 g/mol. The zero-order chi connectivity index (χ0) is 12.8. The molecule has 1 aliphatic heterocycles. The number of benzene rings is 1. The van der Waals surface area contributed by atoms with Gasteiger partial charge in [-0.2, -0.15) is 0 Å². The number of aromatic nitrogens is 4. The highest BCUT2D eigenvalue weighted by Crippen LogP contribution is 2.27. The van der Waals surface area contributed by atoms with Gasteiger partial charge in [0, 0.05) is 29.6 Å². The Morgan fingerprint density at radius 2 is 2.16 bits per heavy atom. The number of anilines is 1. The molecule has 1 N–H and O–H groups in total. The lowest BCUT2D eigenvalue weighted by Crippen LogP contribution is -1.93. The number of nitrogens with one attached hydrogen (secondary N) is 1. The number of hydrogen-bond acceptors (Lipinski definition) is 4. The summed E-state index contributed by atoms with van der Waals surface area (Å²) in [5.74, 6) is 0.845. The first kappa shape index (κ1) is 10.5. The molecule has 2 aromatic heterocycles. The lowest BCUT2D eigenvalue weighted by atomic mass is 10.1. The van der Waals surface area contributed by atoms with Crippen molar-refractivity contribution in [2.24, 2.45) is 0 Å². The van der Waals surface area contributed by atoms with E-state index in [-0.39, 0.29) is 0 Å². The van der Waals surface area contributed by atoms with E-state index in [1.165, 1.54) is 11.3 Å². The minimum Gasteiger partial charge on any atom is -0.384 e. The molecule has 1 aliphatic rings. The average Bonchev–Trinajstić information content (AvgIpc) is 3.02. The fourth-order valence-electron chi connectivity index (χ4n) is 2.53. The van der Waals surface area contributed by atoms with E-state index in [2.05, 4.69) is 38.7 Å². The summed E-state index contributed by atoms with van der Waals surface area (Å²) in [4.78, 5) is 4.31. The average molecular weight is 251 g/mol. The molecule has 0 aliphatic carbocycles. The third kappa shape index (κ3) is 1.58. The maximum atomic E-state index is 4.31. The van der Waals surface area contributed by atoms with E-state index in [0.29, 0.717) is 0 Å². The molecule has 0 saturated carbocycles. The van der Waals surface area contributed by atoms with Gasteiger partial charge in [0.15, 0.2) is 11.5 Å². The Morgan fingerprint density at radius 1 is 1.21 bits per heavy atom. The van der Waals surface area contributed by atoms with Gasteiger partial charge in [-0.25, -0.2) is 4.98 Å². The number of nitrogens with zero attached hydrogens (tertiary/aromatic N) is 4. The highest BCUT2D eigenvalue weighted by molar-refractivity contribution is 5.67. The van der Waals surface area contributed by atoms with Crippen molar-refractivity contribution in [3.8, 4) is 11.4 Å². The van der Waals surface area contributed by atoms with E-state index in [9.17, 15) is 0 Å². The number of rotatable bonds is 1. The monoisotopic (exact) mass is 251 g/mol. The normalized spacial score (nSPS) is 13.5. The molecule has 0 amide bonds. The highest BCUT2D eigenvalue weighted by Gasteiger charge is 2.14. The Hall–Kier alpha value is -2.43. The number of aryl methyl sites for hydroxylation is 1. The van der Waals surface area contributed by atoms with Crippen LogP contribution in [0.1, 0.15) is 11.3 Å². The summed E-state index contributed by atoms with van der Waals surface area (Å²) in [6.07, 6.45) is 2.85. The van der Waals surface area contributed by atoms with Crippen molar-refractivity contribution in [3.63, 3.8) is 0 Å². The van der Waals surface area contributed by atoms with Crippen molar-refractivity contribution in [3.05, 3.63) is 41.9 Å². The number of hydrogen-bond donors (Lipinski definition) is 1. The van der Waals surface area contributed by atoms with Crippen LogP contribution < -0.4 is 5.32 Å². The smallest absolute Gasteiger partial charge is 0.169 e. The van der Waals surface area contributed by atoms with Gasteiger partial charge in [-0.05, 0) is 37.1 Å². The lowest BCUT2D eigenvalue weighted by Gasteiger charge is -2.03. The van der Waals surface area contributed by atoms with Gasteiger partial charge in [0.25, 0.3) is 0 Å². The minimum atomic E-state index is 0.834. The summed E-state index contributed by atoms with van der Waals surface area (Å²) >= 11 is 0. The van der Waals surface area contributed by atoms with Crippen molar-refractivity contribution >= 4 is 11.3 Å². The van der Waals surface area contributed by atoms with Crippen molar-refractivity contribution in [2.45, 2.75) is 13.3 Å². The summed E-state index contributed by atoms with van der Waals surface area (Å²) in [6.45, 7) is 2.97. The molecular formula is C14H13N5. The Morgan fingerprint density at radius 3 is 3.11 bits per heavy atom. The second-order valence-corrected chi connectivity index (χ2v) is 4.83. The second-order valence-electron chi connectivity index (χ2n) is 4.83. The van der Waals surface area contributed by atoms with E-state index >= 15 is 0 Å². The zero-order valence-corrected chi connectivity index (χ0v) is 10.6. The zero-order valence-electron chi connectivity index (χ0n) is 10.6. The van der Waals surface area contributed by atoms with Crippen molar-refractivity contribution in [1.82, 2.24) is 19.6 Å². The molecule has 5 nitrogen and oxygen atoms in total. The maximum Gasteiger partial charge on any atom is 0.169 e. The molecule has 0 unspecified atom stereocenters. The van der Waals surface area contributed by atoms with Crippen LogP contribution in [0.4, 0.5) is 5.69 Å². The molecule has 0 bridgehead atoms. The van der Waals surface area contributed by atoms with Crippen LogP contribution in [0.2, 0.25) is 0 Å². The van der Waals surface area contributed by atoms with Crippen LogP contribution in [-0.2, 0) is 6.42 Å². The first-order valence-corrected chi connectivity index (χ1v) is 6.36. The Kier molecular flexibility index (Phi) is 2.09. The molecule has 0 fully saturated rings. The summed E-state index contributed by atoms with van der Waals surface area (Å²) in [6, 6.07) is 8.31. The third-order valence-electron chi connectivity index (χ3n) is 3.51. The molecule has 0 spiro atoms. The van der Waals surface area contributed by atoms with Gasteiger partial charge < -0.3 is 5.32 Å². The van der Waals surface area contributed by atoms with Crippen molar-refractivity contribution in [1.29, 1.82) is 0 Å². The van der Waals surface area contributed by atoms with E-state index < -0.39 is 0 Å². The van der Waals surface area contributed by atoms with Gasteiger partial charge in [-0.3, -0.25) is 4.40 Å². The number of fused-ring (bicyclic) bond motifs is 2. The quantitative estimate of drug-likeness (QED) is 0.719. The van der Waals surface area contributed by atoms with E-state index in [1.807, 2.05) is 17.4 Å². The van der Waals surface area contributed by atoms with Crippen LogP contribution >= 0.6 is 0 Å². The first-order valence-electron chi connectivity index (χ1n) is 6.36. The molecule has 4 rings (SSSR count). The predicted octanol–water partition coefficient (Wildman–Crippen LogP) is 2.07. The molecule has 0 radical (unpaired) electrons. The lowest BCUT2D eigenvalue weighted by molar-refractivity contribution is 1.05. The van der Waals surface area contributed by atoms with Crippen LogP contribution in [0.3, 0.4) is 0 Å². The van der Waals surface area contributed by atoms with Gasteiger partial charge in [0.1, 0.15) is 6.33 Å². The standard InChI is InChI=1S/C14H13N5/c1-9-6-13-17-18-14(19(13)8-16-9)11-2-3-12-10(7-11)4-5-15-12/h2-3,6-8,15H,4-5H2,1H3. The third-order valence-corrected chi connectivity index (χ3v) is 3.51. The maximum absolute atomic E-state index is 4.31. The molecule has 1 aromatic carbocycles. The summed E-state index contributed by atoms with van der Waals surface area (Å²) < 4.78 is 1.93. The van der Waals surface area contributed by atoms with Gasteiger partial charge in [0.05, 0.1) is 0 Å². The molecule has 5 heteroatoms. The molecule has 0 saturated heterocycles. The fraction of sp³-hybridized carbons (Fsp3) is 0.214. The van der Waals surface area contributed by atoms with Crippen LogP contribution in [0.15, 0.2) is 30.6 Å². The Balaban J connectivity index is 1.90. The summed E-state index contributed by atoms with van der Waals surface area (Å²) in [5, 5.41) is 11.9. The minimum absolute atomic E-state index is 0.834. The van der Waals surface area contributed by atoms with Crippen LogP contribution in [0.5, 0.6) is 0 Å². The molecule has 19 heavy (non-hydrogen) atoms. The fourth-order valence-corrected chi connectivity index (χ4v) is 2.53. The van der Waals surface area contributed by atoms with Gasteiger partial charge in [0.2, 0.25) is 0 Å². The van der Waals surface area contributed by atoms with E-state index in [0.717, 1.165) is 35.7 Å². The predicted molar refractivity (Wildman–Crippen MR) is 73.1 cm³/mol. The SMILES string of the molecule is Cc1cc2nnc(-c3ccc4c(c3)CCN4)n2cn1. The molecule has 94 valence electrons. The highest BCUT2D eigenvalue weighted by atomic mass is 15.3. The van der Waals surface area contributed by atoms with Crippen LogP contribution in [0.25, 0.3) is 17.0 Å². The van der Waals surface area contributed by atoms with E-state index in [4.69, 9.17) is 0 Å². The van der Waals surface area contributed by atoms with Crippen LogP contribution in [-0.4, -0.2) is 26.1 Å². The van der Waals surface area contributed by atoms with Crippen molar-refractivity contribution in [2.75, 3.05) is 11.9 Å². The second kappa shape index (κ2) is 3.78. The summed E-state index contributed by atoms with van der Waals surface area (Å²) in [7, 11) is 0. The van der Waals surface area contributed by atoms with Crippen molar-refractivity contribution < 1.29 is 0 Å². The van der Waals surface area contributed by atoms with Gasteiger partial charge in [-0.15, -0.1) is 10.2 Å². The Labute approximate surface area is 110 Å². The first-order chi connectivity index (χ1) is 9.31. The van der Waals surface area contributed by atoms with E-state index in [1.54, 1.807) is 6.33 Å². The Bertz CT molecular complexity index is 775. The largest absolute Gasteiger partial charge is 0.384 e. The van der Waals surface area contributed by atoms with Crippen LogP contribution in [0, 0.1) is 6.92 Å². The van der Waals surface area contributed by atoms with Gasteiger partial charge >= 0.3 is 0 Å². The molecule has 3 aromatic rings. The topological polar surface area (TPSA) is 55.1 Å². The van der Waals surface area contributed by atoms with Gasteiger partial charge in [-0.1, -0.05) is 0 Å².